The number of rotatable bonds is 6. The number of phenolic OH excluding ortho intramolecular Hbond substituents is 1. The zero-order valence-electron chi connectivity index (χ0n) is 9.72. The molecule has 1 aromatic carbocycles. The van der Waals surface area contributed by atoms with Crippen LogP contribution in [-0.4, -0.2) is 37.0 Å². The molecule has 104 valence electrons. The maximum absolute atomic E-state index is 11.4. The van der Waals surface area contributed by atoms with Crippen LogP contribution in [-0.2, 0) is 16.0 Å². The van der Waals surface area contributed by atoms with Gasteiger partial charge < -0.3 is 15.9 Å². The molecule has 1 atom stereocenters. The number of carbonyl (C=O) groups is 2. The highest BCUT2D eigenvalue weighted by Crippen LogP contribution is 2.31. The van der Waals surface area contributed by atoms with Crippen LogP contribution in [0.1, 0.15) is 5.56 Å². The van der Waals surface area contributed by atoms with Crippen LogP contribution in [0.2, 0.25) is 0 Å². The van der Waals surface area contributed by atoms with Crippen molar-refractivity contribution in [2.24, 2.45) is 5.73 Å². The first-order valence-corrected chi connectivity index (χ1v) is 6.68. The Balaban J connectivity index is 2.96. The van der Waals surface area contributed by atoms with Crippen LogP contribution in [0.3, 0.4) is 0 Å². The van der Waals surface area contributed by atoms with E-state index in [2.05, 4.69) is 32.1 Å². The lowest BCUT2D eigenvalue weighted by Gasteiger charge is -2.30. The summed E-state index contributed by atoms with van der Waals surface area (Å²) in [7, 11) is 0. The summed E-state index contributed by atoms with van der Waals surface area (Å²) in [6, 6.07) is 6.10. The summed E-state index contributed by atoms with van der Waals surface area (Å²) in [5.41, 5.74) is 5.72. The van der Waals surface area contributed by atoms with E-state index >= 15 is 0 Å². The van der Waals surface area contributed by atoms with E-state index in [4.69, 9.17) is 5.73 Å². The molecule has 0 radical (unpaired) electrons. The zero-order valence-corrected chi connectivity index (χ0v) is 12.9. The minimum absolute atomic E-state index is 0.0706. The van der Waals surface area contributed by atoms with Crippen molar-refractivity contribution in [2.75, 3.05) is 6.54 Å². The van der Waals surface area contributed by atoms with Gasteiger partial charge in [-0.05, 0) is 17.7 Å². The van der Waals surface area contributed by atoms with E-state index in [1.54, 1.807) is 12.1 Å². The number of hydrogen-bond acceptors (Lipinski definition) is 4. The van der Waals surface area contributed by atoms with Crippen LogP contribution in [0.5, 0.6) is 5.75 Å². The quantitative estimate of drug-likeness (QED) is 0.381. The highest BCUT2D eigenvalue weighted by molar-refractivity contribution is 9.11. The number of phenols is 1. The highest BCUT2D eigenvalue weighted by Gasteiger charge is 2.42. The fourth-order valence-electron chi connectivity index (χ4n) is 1.41. The first-order chi connectivity index (χ1) is 8.75. The first-order valence-electron chi connectivity index (χ1n) is 5.17. The molecule has 0 heterocycles. The SMILES string of the molecule is NC(=O)CN(Br)[C@@](Br)(Cc1ccc(O)cc1)C(=O)O. The van der Waals surface area contributed by atoms with E-state index in [0.717, 1.165) is 3.93 Å². The fourth-order valence-corrected chi connectivity index (χ4v) is 2.38. The molecule has 0 saturated carbocycles. The van der Waals surface area contributed by atoms with Gasteiger partial charge in [-0.15, -0.1) is 0 Å². The van der Waals surface area contributed by atoms with Crippen molar-refractivity contribution < 1.29 is 19.8 Å². The third-order valence-corrected chi connectivity index (χ3v) is 4.76. The van der Waals surface area contributed by atoms with Gasteiger partial charge in [0.2, 0.25) is 5.91 Å². The van der Waals surface area contributed by atoms with Crippen LogP contribution in [0, 0.1) is 0 Å². The Hall–Kier alpha value is -1.12. The van der Waals surface area contributed by atoms with Crippen LogP contribution in [0.25, 0.3) is 0 Å². The molecule has 8 heteroatoms. The molecule has 0 aliphatic heterocycles. The number of aromatic hydroxyl groups is 1. The minimum Gasteiger partial charge on any atom is -0.508 e. The number of halogens is 2. The standard InChI is InChI=1S/C11H12Br2N2O4/c12-11(10(18)19,15(13)6-9(14)17)5-7-1-3-8(16)4-2-7/h1-4,16H,5-6H2,(H2,14,17)(H,18,19)/t11-/m0/s1. The van der Waals surface area contributed by atoms with Crippen LogP contribution in [0.15, 0.2) is 24.3 Å². The number of carbonyl (C=O) groups excluding carboxylic acids is 1. The van der Waals surface area contributed by atoms with Gasteiger partial charge in [-0.25, -0.2) is 8.72 Å². The van der Waals surface area contributed by atoms with Crippen LogP contribution in [0.4, 0.5) is 0 Å². The van der Waals surface area contributed by atoms with E-state index in [-0.39, 0.29) is 18.7 Å². The summed E-state index contributed by atoms with van der Waals surface area (Å²) in [6.07, 6.45) is 0.0706. The number of nitrogens with two attached hydrogens (primary N) is 1. The summed E-state index contributed by atoms with van der Waals surface area (Å²) in [6.45, 7) is -0.268. The Labute approximate surface area is 126 Å². The second kappa shape index (κ2) is 6.36. The molecule has 0 aliphatic carbocycles. The molecule has 0 unspecified atom stereocenters. The number of alkyl halides is 1. The van der Waals surface area contributed by atoms with Gasteiger partial charge in [0.25, 0.3) is 0 Å². The van der Waals surface area contributed by atoms with Crippen molar-refractivity contribution in [3.63, 3.8) is 0 Å². The molecule has 1 aromatic rings. The van der Waals surface area contributed by atoms with Gasteiger partial charge in [-0.3, -0.25) is 4.79 Å². The van der Waals surface area contributed by atoms with Crippen molar-refractivity contribution in [1.29, 1.82) is 0 Å². The second-order valence-corrected chi connectivity index (χ2v) is 6.06. The third kappa shape index (κ3) is 4.19. The molecule has 4 N–H and O–H groups in total. The average molecular weight is 396 g/mol. The van der Waals surface area contributed by atoms with E-state index in [9.17, 15) is 19.8 Å². The van der Waals surface area contributed by atoms with Gasteiger partial charge in [0.1, 0.15) is 5.75 Å². The van der Waals surface area contributed by atoms with Gasteiger partial charge >= 0.3 is 5.97 Å². The number of nitrogens with zero attached hydrogens (tertiary/aromatic N) is 1. The van der Waals surface area contributed by atoms with Gasteiger partial charge in [-0.2, -0.15) is 0 Å². The Morgan fingerprint density at radius 3 is 2.26 bits per heavy atom. The molecular weight excluding hydrogens is 384 g/mol. The van der Waals surface area contributed by atoms with E-state index < -0.39 is 16.3 Å². The number of amides is 1. The van der Waals surface area contributed by atoms with Crippen molar-refractivity contribution >= 4 is 44.0 Å². The van der Waals surface area contributed by atoms with Gasteiger partial charge in [0.15, 0.2) is 4.45 Å². The summed E-state index contributed by atoms with van der Waals surface area (Å²) in [4.78, 5) is 22.3. The third-order valence-electron chi connectivity index (χ3n) is 2.38. The largest absolute Gasteiger partial charge is 0.508 e. The average Bonchev–Trinajstić information content (AvgIpc) is 2.30. The molecule has 1 rings (SSSR count). The molecule has 0 saturated heterocycles. The lowest BCUT2D eigenvalue weighted by Crippen LogP contribution is -2.49. The Bertz CT molecular complexity index is 480. The molecule has 19 heavy (non-hydrogen) atoms. The topological polar surface area (TPSA) is 104 Å². The van der Waals surface area contributed by atoms with Gasteiger partial charge in [0, 0.05) is 22.6 Å². The van der Waals surface area contributed by atoms with Crippen LogP contribution < -0.4 is 5.73 Å². The Morgan fingerprint density at radius 1 is 1.32 bits per heavy atom. The lowest BCUT2D eigenvalue weighted by atomic mass is 10.1. The van der Waals surface area contributed by atoms with Crippen molar-refractivity contribution in [3.8, 4) is 5.75 Å². The zero-order chi connectivity index (χ0) is 14.6. The minimum atomic E-state index is -1.51. The second-order valence-electron chi connectivity index (χ2n) is 3.89. The Kier molecular flexibility index (Phi) is 5.33. The summed E-state index contributed by atoms with van der Waals surface area (Å²) < 4.78 is -0.378. The maximum Gasteiger partial charge on any atom is 0.336 e. The van der Waals surface area contributed by atoms with E-state index in [1.165, 1.54) is 12.1 Å². The predicted octanol–water partition coefficient (Wildman–Crippen LogP) is 1.21. The van der Waals surface area contributed by atoms with E-state index in [0.29, 0.717) is 5.56 Å². The molecule has 0 aromatic heterocycles. The smallest absolute Gasteiger partial charge is 0.336 e. The summed E-state index contributed by atoms with van der Waals surface area (Å²) >= 11 is 6.14. The maximum atomic E-state index is 11.4. The molecular formula is C11H12Br2N2O4. The molecule has 0 bridgehead atoms. The first kappa shape index (κ1) is 15.9. The lowest BCUT2D eigenvalue weighted by molar-refractivity contribution is -0.142. The molecule has 0 fully saturated rings. The highest BCUT2D eigenvalue weighted by atomic mass is 79.9. The monoisotopic (exact) mass is 394 g/mol. The summed E-state index contributed by atoms with van der Waals surface area (Å²) in [5, 5.41) is 18.5. The Morgan fingerprint density at radius 2 is 1.84 bits per heavy atom. The molecule has 1 amide bonds. The fraction of sp³-hybridized carbons (Fsp3) is 0.273. The molecule has 6 nitrogen and oxygen atoms in total. The molecule has 0 aliphatic rings. The van der Waals surface area contributed by atoms with Crippen molar-refractivity contribution in [2.45, 2.75) is 10.9 Å². The number of aliphatic carboxylic acids is 1. The summed E-state index contributed by atoms with van der Waals surface area (Å²) in [5.74, 6) is -1.74. The molecule has 0 spiro atoms. The number of hydrogen-bond donors (Lipinski definition) is 3. The van der Waals surface area contributed by atoms with Gasteiger partial charge in [-0.1, -0.05) is 28.1 Å². The van der Waals surface area contributed by atoms with Crippen molar-refractivity contribution in [3.05, 3.63) is 29.8 Å². The normalized spacial score (nSPS) is 14.1. The van der Waals surface area contributed by atoms with Crippen molar-refractivity contribution in [1.82, 2.24) is 3.93 Å². The van der Waals surface area contributed by atoms with E-state index in [1.807, 2.05) is 0 Å². The number of benzene rings is 1. The van der Waals surface area contributed by atoms with Gasteiger partial charge in [0.05, 0.1) is 6.54 Å². The number of primary amides is 1. The van der Waals surface area contributed by atoms with Crippen LogP contribution >= 0.6 is 32.1 Å². The predicted molar refractivity (Wildman–Crippen MR) is 75.9 cm³/mol. The number of carboxylic acid groups (broad SMARTS) is 1. The number of carboxylic acids is 1.